The van der Waals surface area contributed by atoms with E-state index >= 15 is 0 Å². The quantitative estimate of drug-likeness (QED) is 0.846. The number of amides is 1. The van der Waals surface area contributed by atoms with Gasteiger partial charge in [-0.15, -0.1) is 0 Å². The van der Waals surface area contributed by atoms with Gasteiger partial charge in [-0.2, -0.15) is 0 Å². The first-order valence-electron chi connectivity index (χ1n) is 6.86. The molecule has 0 radical (unpaired) electrons. The third-order valence-corrected chi connectivity index (χ3v) is 4.78. The van der Waals surface area contributed by atoms with Crippen LogP contribution < -0.4 is 5.32 Å². The van der Waals surface area contributed by atoms with Crippen LogP contribution in [0.15, 0.2) is 48.5 Å². The molecule has 2 aromatic carbocycles. The summed E-state index contributed by atoms with van der Waals surface area (Å²) in [5.41, 5.74) is 3.24. The molecule has 1 saturated carbocycles. The van der Waals surface area contributed by atoms with Gasteiger partial charge in [-0.1, -0.05) is 41.9 Å². The number of benzene rings is 2. The molecule has 0 bridgehead atoms. The van der Waals surface area contributed by atoms with E-state index in [0.717, 1.165) is 29.0 Å². The molecular formula is C17H14ClNO. The Bertz CT molecular complexity index is 688. The molecule has 1 fully saturated rings. The molecule has 1 unspecified atom stereocenters. The molecule has 1 N–H and O–H groups in total. The first kappa shape index (κ1) is 12.0. The van der Waals surface area contributed by atoms with Crippen molar-refractivity contribution in [2.45, 2.75) is 24.3 Å². The number of carbonyl (C=O) groups excluding carboxylic acids is 1. The van der Waals surface area contributed by atoms with Gasteiger partial charge in [-0.05, 0) is 42.2 Å². The molecule has 20 heavy (non-hydrogen) atoms. The van der Waals surface area contributed by atoms with Gasteiger partial charge in [0.15, 0.2) is 0 Å². The lowest BCUT2D eigenvalue weighted by Crippen LogP contribution is -2.42. The average molecular weight is 284 g/mol. The molecule has 4 rings (SSSR count). The summed E-state index contributed by atoms with van der Waals surface area (Å²) in [5.74, 6) is 0.0260. The largest absolute Gasteiger partial charge is 0.344 e. The van der Waals surface area contributed by atoms with Crippen LogP contribution in [-0.2, 0) is 5.41 Å². The minimum Gasteiger partial charge on any atom is -0.344 e. The van der Waals surface area contributed by atoms with E-state index < -0.39 is 0 Å². The second-order valence-electron chi connectivity index (χ2n) is 5.66. The predicted octanol–water partition coefficient (Wildman–Crippen LogP) is 3.86. The highest BCUT2D eigenvalue weighted by Crippen LogP contribution is 2.59. The van der Waals surface area contributed by atoms with Crippen molar-refractivity contribution in [1.29, 1.82) is 0 Å². The Labute approximate surface area is 122 Å². The topological polar surface area (TPSA) is 29.1 Å². The van der Waals surface area contributed by atoms with E-state index in [4.69, 9.17) is 11.6 Å². The van der Waals surface area contributed by atoms with E-state index in [0.29, 0.717) is 0 Å². The lowest BCUT2D eigenvalue weighted by Gasteiger charge is -2.35. The zero-order valence-electron chi connectivity index (χ0n) is 10.9. The van der Waals surface area contributed by atoms with Gasteiger partial charge in [0.2, 0.25) is 0 Å². The summed E-state index contributed by atoms with van der Waals surface area (Å²) < 4.78 is 0. The third kappa shape index (κ3) is 1.61. The normalized spacial score (nSPS) is 22.2. The summed E-state index contributed by atoms with van der Waals surface area (Å²) in [6.45, 7) is 0. The molecule has 1 aliphatic carbocycles. The van der Waals surface area contributed by atoms with Crippen LogP contribution in [0.5, 0.6) is 0 Å². The fraction of sp³-hybridized carbons (Fsp3) is 0.235. The van der Waals surface area contributed by atoms with Crippen LogP contribution in [0.4, 0.5) is 0 Å². The maximum absolute atomic E-state index is 12.3. The second-order valence-corrected chi connectivity index (χ2v) is 6.10. The van der Waals surface area contributed by atoms with Gasteiger partial charge < -0.3 is 5.32 Å². The first-order valence-corrected chi connectivity index (χ1v) is 7.24. The second kappa shape index (κ2) is 4.10. The number of hydrogen-bond donors (Lipinski definition) is 1. The summed E-state index contributed by atoms with van der Waals surface area (Å²) in [4.78, 5) is 12.3. The molecule has 0 aromatic heterocycles. The molecule has 2 nitrogen and oxygen atoms in total. The van der Waals surface area contributed by atoms with Crippen LogP contribution in [-0.4, -0.2) is 5.91 Å². The number of rotatable bonds is 1. The van der Waals surface area contributed by atoms with E-state index in [2.05, 4.69) is 11.4 Å². The average Bonchev–Trinajstić information content (AvgIpc) is 3.26. The van der Waals surface area contributed by atoms with Crippen LogP contribution in [0, 0.1) is 0 Å². The summed E-state index contributed by atoms with van der Waals surface area (Å²) >= 11 is 5.96. The number of carbonyl (C=O) groups is 1. The standard InChI is InChI=1S/C17H14ClNO/c18-12-7-5-11(6-8-12)15-17(9-10-17)14-4-2-1-3-13(14)16(20)19-15/h1-8,15H,9-10H2,(H,19,20). The Morgan fingerprint density at radius 1 is 1.05 bits per heavy atom. The Morgan fingerprint density at radius 3 is 2.45 bits per heavy atom. The van der Waals surface area contributed by atoms with Gasteiger partial charge in [-0.3, -0.25) is 4.79 Å². The summed E-state index contributed by atoms with van der Waals surface area (Å²) in [6, 6.07) is 15.8. The summed E-state index contributed by atoms with van der Waals surface area (Å²) in [7, 11) is 0. The van der Waals surface area contributed by atoms with E-state index in [1.807, 2.05) is 42.5 Å². The van der Waals surface area contributed by atoms with Gasteiger partial charge in [0.25, 0.3) is 5.91 Å². The fourth-order valence-corrected chi connectivity index (χ4v) is 3.49. The molecule has 1 amide bonds. The monoisotopic (exact) mass is 283 g/mol. The Hall–Kier alpha value is -1.80. The molecule has 3 heteroatoms. The Morgan fingerprint density at radius 2 is 1.75 bits per heavy atom. The highest BCUT2D eigenvalue weighted by atomic mass is 35.5. The van der Waals surface area contributed by atoms with Crippen molar-refractivity contribution in [1.82, 2.24) is 5.32 Å². The van der Waals surface area contributed by atoms with Crippen LogP contribution in [0.1, 0.15) is 40.4 Å². The zero-order chi connectivity index (χ0) is 13.7. The van der Waals surface area contributed by atoms with E-state index in [9.17, 15) is 4.79 Å². The molecule has 2 aromatic rings. The van der Waals surface area contributed by atoms with E-state index in [1.165, 1.54) is 5.56 Å². The zero-order valence-corrected chi connectivity index (χ0v) is 11.7. The molecule has 2 aliphatic rings. The van der Waals surface area contributed by atoms with Crippen LogP contribution in [0.25, 0.3) is 0 Å². The fourth-order valence-electron chi connectivity index (χ4n) is 3.37. The molecule has 100 valence electrons. The first-order chi connectivity index (χ1) is 9.71. The van der Waals surface area contributed by atoms with Gasteiger partial charge in [0, 0.05) is 16.0 Å². The SMILES string of the molecule is O=C1NC(c2ccc(Cl)cc2)C2(CC2)c2ccccc21. The smallest absolute Gasteiger partial charge is 0.252 e. The number of nitrogens with one attached hydrogen (secondary N) is 1. The molecule has 0 saturated heterocycles. The number of halogens is 1. The third-order valence-electron chi connectivity index (χ3n) is 4.53. The Balaban J connectivity index is 1.84. The lowest BCUT2D eigenvalue weighted by molar-refractivity contribution is 0.0909. The summed E-state index contributed by atoms with van der Waals surface area (Å²) in [5, 5.41) is 3.90. The number of hydrogen-bond acceptors (Lipinski definition) is 1. The van der Waals surface area contributed by atoms with E-state index in [1.54, 1.807) is 0 Å². The highest BCUT2D eigenvalue weighted by Gasteiger charge is 2.55. The van der Waals surface area contributed by atoms with Crippen molar-refractivity contribution < 1.29 is 4.79 Å². The molecule has 1 spiro atoms. The van der Waals surface area contributed by atoms with Gasteiger partial charge in [0.05, 0.1) is 6.04 Å². The van der Waals surface area contributed by atoms with Crippen molar-refractivity contribution >= 4 is 17.5 Å². The predicted molar refractivity (Wildman–Crippen MR) is 79.0 cm³/mol. The maximum Gasteiger partial charge on any atom is 0.252 e. The van der Waals surface area contributed by atoms with Gasteiger partial charge in [-0.25, -0.2) is 0 Å². The van der Waals surface area contributed by atoms with Gasteiger partial charge >= 0.3 is 0 Å². The minimum atomic E-state index is 0.0260. The van der Waals surface area contributed by atoms with Crippen LogP contribution in [0.3, 0.4) is 0 Å². The van der Waals surface area contributed by atoms with E-state index in [-0.39, 0.29) is 17.4 Å². The van der Waals surface area contributed by atoms with Crippen molar-refractivity contribution in [3.05, 3.63) is 70.2 Å². The maximum atomic E-state index is 12.3. The number of fused-ring (bicyclic) bond motifs is 2. The summed E-state index contributed by atoms with van der Waals surface area (Å²) in [6.07, 6.45) is 2.25. The molecule has 1 atom stereocenters. The Kier molecular flexibility index (Phi) is 2.45. The molecular weight excluding hydrogens is 270 g/mol. The van der Waals surface area contributed by atoms with Crippen molar-refractivity contribution in [3.63, 3.8) is 0 Å². The van der Waals surface area contributed by atoms with Crippen LogP contribution >= 0.6 is 11.6 Å². The molecule has 1 heterocycles. The van der Waals surface area contributed by atoms with Crippen molar-refractivity contribution in [2.24, 2.45) is 0 Å². The minimum absolute atomic E-state index is 0.0260. The van der Waals surface area contributed by atoms with Crippen molar-refractivity contribution in [2.75, 3.05) is 0 Å². The molecule has 1 aliphatic heterocycles. The highest BCUT2D eigenvalue weighted by molar-refractivity contribution is 6.30. The lowest BCUT2D eigenvalue weighted by atomic mass is 9.78. The van der Waals surface area contributed by atoms with Crippen molar-refractivity contribution in [3.8, 4) is 0 Å². The van der Waals surface area contributed by atoms with Crippen LogP contribution in [0.2, 0.25) is 5.02 Å². The van der Waals surface area contributed by atoms with Gasteiger partial charge in [0.1, 0.15) is 0 Å².